The molecule has 2 heterocycles. The van der Waals surface area contributed by atoms with Crippen molar-refractivity contribution in [3.8, 4) is 11.1 Å². The summed E-state index contributed by atoms with van der Waals surface area (Å²) < 4.78 is 0. The minimum atomic E-state index is -0.0909. The van der Waals surface area contributed by atoms with Gasteiger partial charge in [0, 0.05) is 21.5 Å². The van der Waals surface area contributed by atoms with Gasteiger partial charge in [-0.2, -0.15) is 0 Å². The molecule has 1 atom stereocenters. The van der Waals surface area contributed by atoms with Crippen molar-refractivity contribution >= 4 is 33.1 Å². The van der Waals surface area contributed by atoms with Crippen LogP contribution in [0.3, 0.4) is 0 Å². The number of carbonyl (C=O) groups is 1. The molecule has 5 heteroatoms. The normalized spacial score (nSPS) is 15.1. The highest BCUT2D eigenvalue weighted by Gasteiger charge is 2.28. The molecule has 0 saturated carbocycles. The summed E-state index contributed by atoms with van der Waals surface area (Å²) in [5.41, 5.74) is 8.08. The maximum absolute atomic E-state index is 13.7. The maximum Gasteiger partial charge on any atom is 0.258 e. The third-order valence-electron chi connectivity index (χ3n) is 6.55. The van der Waals surface area contributed by atoms with Crippen LogP contribution in [-0.4, -0.2) is 10.9 Å². The van der Waals surface area contributed by atoms with E-state index in [1.54, 1.807) is 0 Å². The third kappa shape index (κ3) is 4.30. The fourth-order valence-electron chi connectivity index (χ4n) is 4.85. The van der Waals surface area contributed by atoms with Crippen LogP contribution < -0.4 is 17.7 Å². The number of carbonyl (C=O) groups excluding carboxylic acids is 1. The summed E-state index contributed by atoms with van der Waals surface area (Å²) in [4.78, 5) is 21.2. The van der Waals surface area contributed by atoms with Gasteiger partial charge in [-0.3, -0.25) is 4.79 Å². The van der Waals surface area contributed by atoms with Crippen molar-refractivity contribution in [2.75, 3.05) is 5.32 Å². The summed E-state index contributed by atoms with van der Waals surface area (Å²) in [6.07, 6.45) is 3.34. The number of hydrogen-bond acceptors (Lipinski definition) is 3. The molecule has 0 aliphatic heterocycles. The molecule has 1 N–H and O–H groups in total. The highest BCUT2D eigenvalue weighted by atomic mass is 35.5. The molecule has 4 aromatic rings. The molecule has 1 amide bonds. The minimum Gasteiger partial charge on any atom is -1.00 e. The number of pyridine rings is 1. The van der Waals surface area contributed by atoms with E-state index in [0.717, 1.165) is 45.7 Å². The van der Waals surface area contributed by atoms with E-state index < -0.39 is 0 Å². The molecule has 0 radical (unpaired) electrons. The molecule has 3 nitrogen and oxygen atoms in total. The number of amides is 1. The van der Waals surface area contributed by atoms with Crippen molar-refractivity contribution in [2.24, 2.45) is 5.92 Å². The quantitative estimate of drug-likeness (QED) is 0.480. The van der Waals surface area contributed by atoms with E-state index in [1.807, 2.05) is 49.4 Å². The molecule has 0 spiro atoms. The lowest BCUT2D eigenvalue weighted by molar-refractivity contribution is -0.0000143. The van der Waals surface area contributed by atoms with Gasteiger partial charge in [0.25, 0.3) is 5.91 Å². The van der Waals surface area contributed by atoms with Crippen LogP contribution in [0.4, 0.5) is 5.69 Å². The smallest absolute Gasteiger partial charge is 0.258 e. The monoisotopic (exact) mass is 475 g/mol. The van der Waals surface area contributed by atoms with Gasteiger partial charge in [0.15, 0.2) is 0 Å². The van der Waals surface area contributed by atoms with Crippen LogP contribution in [0.1, 0.15) is 51.0 Å². The Morgan fingerprint density at radius 2 is 1.88 bits per heavy atom. The summed E-state index contributed by atoms with van der Waals surface area (Å²) in [7, 11) is 0. The summed E-state index contributed by atoms with van der Waals surface area (Å²) in [5.74, 6) is 0.606. The lowest BCUT2D eigenvalue weighted by atomic mass is 9.86. The van der Waals surface area contributed by atoms with Crippen molar-refractivity contribution < 1.29 is 17.2 Å². The first-order valence-electron chi connectivity index (χ1n) is 11.3. The molecule has 2 aromatic carbocycles. The van der Waals surface area contributed by atoms with E-state index in [0.29, 0.717) is 11.5 Å². The number of nitrogens with zero attached hydrogens (tertiary/aromatic N) is 1. The molecule has 170 valence electrons. The number of aromatic nitrogens is 1. The lowest BCUT2D eigenvalue weighted by Crippen LogP contribution is -3.00. The SMILES string of the molecule is Cc1cccc(-c2c(C(=O)Nc3ccccc3C)c(C)nc3sc4c(c23)CCC(C)C4)c1.[Cl-]. The van der Waals surface area contributed by atoms with E-state index in [4.69, 9.17) is 4.98 Å². The van der Waals surface area contributed by atoms with Crippen LogP contribution in [0.15, 0.2) is 48.5 Å². The van der Waals surface area contributed by atoms with Gasteiger partial charge in [-0.05, 0) is 68.7 Å². The average Bonchev–Trinajstić information content (AvgIpc) is 3.10. The highest BCUT2D eigenvalue weighted by Crippen LogP contribution is 2.44. The minimum absolute atomic E-state index is 0. The predicted molar refractivity (Wildman–Crippen MR) is 135 cm³/mol. The molecule has 1 unspecified atom stereocenters. The Morgan fingerprint density at radius 1 is 1.09 bits per heavy atom. The van der Waals surface area contributed by atoms with Crippen LogP contribution in [0.5, 0.6) is 0 Å². The van der Waals surface area contributed by atoms with Crippen molar-refractivity contribution in [1.29, 1.82) is 0 Å². The van der Waals surface area contributed by atoms with Gasteiger partial charge >= 0.3 is 0 Å². The first-order valence-corrected chi connectivity index (χ1v) is 12.1. The fourth-order valence-corrected chi connectivity index (χ4v) is 6.29. The first-order chi connectivity index (χ1) is 15.4. The third-order valence-corrected chi connectivity index (χ3v) is 7.70. The van der Waals surface area contributed by atoms with Crippen LogP contribution in [0.2, 0.25) is 0 Å². The summed E-state index contributed by atoms with van der Waals surface area (Å²) >= 11 is 1.81. The van der Waals surface area contributed by atoms with Crippen molar-refractivity contribution in [3.63, 3.8) is 0 Å². The second-order valence-electron chi connectivity index (χ2n) is 9.12. The molecule has 2 aromatic heterocycles. The van der Waals surface area contributed by atoms with Crippen LogP contribution in [-0.2, 0) is 12.8 Å². The topological polar surface area (TPSA) is 42.0 Å². The second kappa shape index (κ2) is 9.28. The number of anilines is 1. The average molecular weight is 476 g/mol. The van der Waals surface area contributed by atoms with Gasteiger partial charge in [0.2, 0.25) is 0 Å². The molecular formula is C28H28ClN2OS-. The number of hydrogen-bond donors (Lipinski definition) is 1. The van der Waals surface area contributed by atoms with Gasteiger partial charge in [-0.15, -0.1) is 11.3 Å². The van der Waals surface area contributed by atoms with Crippen molar-refractivity contribution in [1.82, 2.24) is 4.98 Å². The Labute approximate surface area is 205 Å². The predicted octanol–water partition coefficient (Wildman–Crippen LogP) is 4.27. The number of nitrogens with one attached hydrogen (secondary N) is 1. The van der Waals surface area contributed by atoms with E-state index in [-0.39, 0.29) is 18.3 Å². The number of aryl methyl sites for hydroxylation is 4. The van der Waals surface area contributed by atoms with Crippen LogP contribution >= 0.6 is 11.3 Å². The summed E-state index contributed by atoms with van der Waals surface area (Å²) in [5, 5.41) is 4.34. The van der Waals surface area contributed by atoms with Gasteiger partial charge in [-0.1, -0.05) is 55.0 Å². The van der Waals surface area contributed by atoms with Gasteiger partial charge in [0.1, 0.15) is 4.83 Å². The number of benzene rings is 2. The maximum atomic E-state index is 13.7. The van der Waals surface area contributed by atoms with E-state index in [1.165, 1.54) is 27.8 Å². The zero-order valence-corrected chi connectivity index (χ0v) is 21.0. The van der Waals surface area contributed by atoms with Crippen molar-refractivity contribution in [2.45, 2.75) is 47.0 Å². The van der Waals surface area contributed by atoms with Gasteiger partial charge in [-0.25, -0.2) is 4.98 Å². The molecular weight excluding hydrogens is 448 g/mol. The molecule has 1 aliphatic rings. The van der Waals surface area contributed by atoms with Crippen LogP contribution in [0.25, 0.3) is 21.3 Å². The number of rotatable bonds is 3. The largest absolute Gasteiger partial charge is 1.00 e. The highest BCUT2D eigenvalue weighted by molar-refractivity contribution is 7.19. The van der Waals surface area contributed by atoms with Crippen molar-refractivity contribution in [3.05, 3.63) is 81.4 Å². The summed E-state index contributed by atoms with van der Waals surface area (Å²) in [6.45, 7) is 8.41. The van der Waals surface area contributed by atoms with Gasteiger partial charge < -0.3 is 17.7 Å². The number of para-hydroxylation sites is 1. The molecule has 0 fully saturated rings. The second-order valence-corrected chi connectivity index (χ2v) is 10.2. The number of fused-ring (bicyclic) bond motifs is 3. The zero-order chi connectivity index (χ0) is 22.4. The Morgan fingerprint density at radius 3 is 2.64 bits per heavy atom. The Bertz CT molecular complexity index is 1360. The molecule has 0 saturated heterocycles. The Hall–Kier alpha value is -2.69. The van der Waals surface area contributed by atoms with E-state index >= 15 is 0 Å². The molecule has 0 bridgehead atoms. The summed E-state index contributed by atoms with van der Waals surface area (Å²) in [6, 6.07) is 16.4. The molecule has 1 aliphatic carbocycles. The standard InChI is InChI=1S/C28H28N2OS.ClH/c1-16-8-7-10-20(14-16)25-24(27(31)30-22-11-6-5-9-18(22)3)19(4)29-28-26(25)21-13-12-17(2)15-23(21)32-28;/h5-11,14,17H,12-13,15H2,1-4H3,(H,30,31);1H/p-1. The Balaban J connectivity index is 0.00000259. The first kappa shape index (κ1) is 23.5. The molecule has 5 rings (SSSR count). The van der Waals surface area contributed by atoms with E-state index in [2.05, 4.69) is 43.4 Å². The lowest BCUT2D eigenvalue weighted by Gasteiger charge is -2.20. The number of thiophene rings is 1. The fraction of sp³-hybridized carbons (Fsp3) is 0.286. The van der Waals surface area contributed by atoms with Gasteiger partial charge in [0.05, 0.1) is 11.3 Å². The van der Waals surface area contributed by atoms with Crippen LogP contribution in [0, 0.1) is 26.7 Å². The zero-order valence-electron chi connectivity index (χ0n) is 19.5. The van der Waals surface area contributed by atoms with E-state index in [9.17, 15) is 4.79 Å². The number of halogens is 1. The molecule has 33 heavy (non-hydrogen) atoms. The Kier molecular flexibility index (Phi) is 6.60.